The summed E-state index contributed by atoms with van der Waals surface area (Å²) in [6.45, 7) is 6.60. The van der Waals surface area contributed by atoms with Gasteiger partial charge in [0.2, 0.25) is 0 Å². The number of hydrogen-bond donors (Lipinski definition) is 2. The highest BCUT2D eigenvalue weighted by molar-refractivity contribution is 6.16. The van der Waals surface area contributed by atoms with E-state index in [4.69, 9.17) is 11.1 Å². The van der Waals surface area contributed by atoms with Gasteiger partial charge in [0.1, 0.15) is 11.7 Å². The molecule has 0 bridgehead atoms. The lowest BCUT2D eigenvalue weighted by Crippen LogP contribution is -2.18. The average Bonchev–Trinajstić information content (AvgIpc) is 2.71. The minimum Gasteiger partial charge on any atom is -0.383 e. The lowest BCUT2D eigenvalue weighted by Gasteiger charge is -2.25. The van der Waals surface area contributed by atoms with Crippen LogP contribution in [-0.4, -0.2) is 19.1 Å². The molecule has 0 aromatic heterocycles. The maximum atomic E-state index is 14.1. The Bertz CT molecular complexity index is 1080. The van der Waals surface area contributed by atoms with Gasteiger partial charge in [-0.2, -0.15) is 0 Å². The summed E-state index contributed by atoms with van der Waals surface area (Å²) in [6.07, 6.45) is 2.28. The zero-order valence-corrected chi connectivity index (χ0v) is 16.8. The Labute approximate surface area is 165 Å². The van der Waals surface area contributed by atoms with Gasteiger partial charge in [-0.25, -0.2) is 4.39 Å². The Morgan fingerprint density at radius 1 is 1.18 bits per heavy atom. The van der Waals surface area contributed by atoms with Crippen molar-refractivity contribution in [3.05, 3.63) is 71.0 Å². The summed E-state index contributed by atoms with van der Waals surface area (Å²) in [4.78, 5) is 4.17. The number of aliphatic imine (C=N–C) groups is 1. The van der Waals surface area contributed by atoms with Gasteiger partial charge >= 0.3 is 0 Å². The second-order valence-corrected chi connectivity index (χ2v) is 7.65. The van der Waals surface area contributed by atoms with Crippen molar-refractivity contribution in [2.75, 3.05) is 7.05 Å². The zero-order valence-electron chi connectivity index (χ0n) is 16.8. The van der Waals surface area contributed by atoms with Crippen LogP contribution in [0.1, 0.15) is 43.9 Å². The maximum Gasteiger partial charge on any atom is 0.126 e. The molecular formula is C24H26FN3. The Balaban J connectivity index is 2.51. The van der Waals surface area contributed by atoms with E-state index < -0.39 is 0 Å². The molecule has 144 valence electrons. The molecule has 0 spiro atoms. The van der Waals surface area contributed by atoms with Crippen LogP contribution in [0.2, 0.25) is 0 Å². The van der Waals surface area contributed by atoms with Crippen molar-refractivity contribution in [1.82, 2.24) is 0 Å². The number of nitrogens with zero attached hydrogens (tertiary/aromatic N) is 1. The predicted octanol–water partition coefficient (Wildman–Crippen LogP) is 5.67. The molecule has 0 heterocycles. The monoisotopic (exact) mass is 375 g/mol. The third kappa shape index (κ3) is 3.42. The van der Waals surface area contributed by atoms with Gasteiger partial charge in [-0.1, -0.05) is 45.0 Å². The average molecular weight is 375 g/mol. The van der Waals surface area contributed by atoms with Crippen LogP contribution in [0.4, 0.5) is 4.39 Å². The van der Waals surface area contributed by atoms with Gasteiger partial charge < -0.3 is 11.1 Å². The van der Waals surface area contributed by atoms with Gasteiger partial charge in [-0.3, -0.25) is 4.99 Å². The van der Waals surface area contributed by atoms with Gasteiger partial charge in [0.15, 0.2) is 0 Å². The van der Waals surface area contributed by atoms with Crippen molar-refractivity contribution in [3.8, 4) is 11.1 Å². The molecule has 28 heavy (non-hydrogen) atoms. The molecule has 0 saturated heterocycles. The number of benzene rings is 3. The summed E-state index contributed by atoms with van der Waals surface area (Å²) < 4.78 is 14.1. The smallest absolute Gasteiger partial charge is 0.126 e. The Morgan fingerprint density at radius 3 is 2.54 bits per heavy atom. The first kappa shape index (κ1) is 19.7. The molecule has 3 aromatic rings. The number of halogens is 1. The molecule has 0 amide bonds. The van der Waals surface area contributed by atoms with Crippen LogP contribution in [-0.2, 0) is 5.41 Å². The number of nitrogens with two attached hydrogens (primary N) is 1. The van der Waals surface area contributed by atoms with Crippen LogP contribution in [0.15, 0.2) is 53.5 Å². The van der Waals surface area contributed by atoms with Crippen molar-refractivity contribution in [2.24, 2.45) is 10.7 Å². The Kier molecular flexibility index (Phi) is 5.32. The van der Waals surface area contributed by atoms with E-state index in [2.05, 4.69) is 44.0 Å². The van der Waals surface area contributed by atoms with Gasteiger partial charge in [-0.15, -0.1) is 0 Å². The first-order valence-corrected chi connectivity index (χ1v) is 9.42. The minimum atomic E-state index is -0.311. The molecule has 0 aliphatic rings. The van der Waals surface area contributed by atoms with Crippen molar-refractivity contribution in [3.63, 3.8) is 0 Å². The molecular weight excluding hydrogens is 349 g/mol. The summed E-state index contributed by atoms with van der Waals surface area (Å²) in [7, 11) is 1.62. The van der Waals surface area contributed by atoms with Crippen LogP contribution in [0, 0.1) is 11.2 Å². The van der Waals surface area contributed by atoms with Gasteiger partial charge in [-0.05, 0) is 58.0 Å². The van der Waals surface area contributed by atoms with Crippen LogP contribution in [0.5, 0.6) is 0 Å². The number of fused-ring (bicyclic) bond motifs is 1. The van der Waals surface area contributed by atoms with E-state index in [9.17, 15) is 4.39 Å². The molecule has 3 rings (SSSR count). The molecule has 0 aliphatic heterocycles. The molecule has 0 fully saturated rings. The largest absolute Gasteiger partial charge is 0.383 e. The summed E-state index contributed by atoms with van der Waals surface area (Å²) in [5, 5.41) is 9.86. The van der Waals surface area contributed by atoms with Crippen LogP contribution < -0.4 is 5.73 Å². The van der Waals surface area contributed by atoms with E-state index in [0.717, 1.165) is 28.3 Å². The molecule has 0 radical (unpaired) electrons. The molecule has 0 atom stereocenters. The van der Waals surface area contributed by atoms with Gasteiger partial charge in [0.05, 0.1) is 0 Å². The fourth-order valence-corrected chi connectivity index (χ4v) is 3.49. The molecule has 0 aliphatic carbocycles. The third-order valence-corrected chi connectivity index (χ3v) is 5.60. The topological polar surface area (TPSA) is 62.2 Å². The number of nitrogens with one attached hydrogen (secondary N) is 1. The molecule has 0 unspecified atom stereocenters. The minimum absolute atomic E-state index is 0.0121. The summed E-state index contributed by atoms with van der Waals surface area (Å²) in [6, 6.07) is 14.8. The summed E-state index contributed by atoms with van der Waals surface area (Å²) in [5.74, 6) is 0.0220. The van der Waals surface area contributed by atoms with Crippen molar-refractivity contribution >= 4 is 22.8 Å². The molecule has 3 aromatic carbocycles. The van der Waals surface area contributed by atoms with E-state index >= 15 is 0 Å². The first-order valence-electron chi connectivity index (χ1n) is 9.42. The van der Waals surface area contributed by atoms with E-state index in [0.29, 0.717) is 17.0 Å². The fraction of sp³-hybridized carbons (Fsp3) is 0.250. The normalized spacial score (nSPS) is 12.4. The quantitative estimate of drug-likeness (QED) is 0.438. The van der Waals surface area contributed by atoms with Crippen LogP contribution >= 0.6 is 0 Å². The maximum absolute atomic E-state index is 14.1. The third-order valence-electron chi connectivity index (χ3n) is 5.60. The molecule has 3 N–H and O–H groups in total. The number of amidine groups is 1. The summed E-state index contributed by atoms with van der Waals surface area (Å²) in [5.41, 5.74) is 10.3. The van der Waals surface area contributed by atoms with Crippen molar-refractivity contribution < 1.29 is 4.39 Å². The predicted molar refractivity (Wildman–Crippen MR) is 117 cm³/mol. The molecule has 0 saturated carbocycles. The van der Waals surface area contributed by atoms with E-state index in [-0.39, 0.29) is 11.2 Å². The number of rotatable bonds is 5. The van der Waals surface area contributed by atoms with E-state index in [1.54, 1.807) is 13.1 Å². The first-order chi connectivity index (χ1) is 13.3. The molecule has 4 heteroatoms. The van der Waals surface area contributed by atoms with Gasteiger partial charge in [0.25, 0.3) is 0 Å². The SMILES string of the molecule is CCC(C)(C)c1ccc2cc(C=N)c(C(N)=NC)c(-c3cccc(F)c3)c2c1. The molecule has 3 nitrogen and oxygen atoms in total. The Morgan fingerprint density at radius 2 is 1.93 bits per heavy atom. The van der Waals surface area contributed by atoms with Crippen molar-refractivity contribution in [2.45, 2.75) is 32.6 Å². The van der Waals surface area contributed by atoms with E-state index in [1.165, 1.54) is 23.9 Å². The lowest BCUT2D eigenvalue weighted by atomic mass is 9.80. The highest BCUT2D eigenvalue weighted by Crippen LogP contribution is 2.37. The fourth-order valence-electron chi connectivity index (χ4n) is 3.49. The second-order valence-electron chi connectivity index (χ2n) is 7.65. The van der Waals surface area contributed by atoms with Crippen LogP contribution in [0.25, 0.3) is 21.9 Å². The second kappa shape index (κ2) is 7.55. The van der Waals surface area contributed by atoms with Gasteiger partial charge in [0, 0.05) is 30.0 Å². The van der Waals surface area contributed by atoms with Crippen LogP contribution in [0.3, 0.4) is 0 Å². The van der Waals surface area contributed by atoms with E-state index in [1.807, 2.05) is 12.1 Å². The lowest BCUT2D eigenvalue weighted by molar-refractivity contribution is 0.507. The van der Waals surface area contributed by atoms with Crippen molar-refractivity contribution in [1.29, 1.82) is 5.41 Å². The zero-order chi connectivity index (χ0) is 20.5. The highest BCUT2D eigenvalue weighted by Gasteiger charge is 2.22. The number of hydrogen-bond acceptors (Lipinski definition) is 2. The standard InChI is InChI=1S/C24H26FN3/c1-5-24(2,3)18-10-9-15-11-17(14-26)22(23(27)28-4)21(20(15)13-18)16-7-6-8-19(25)12-16/h6-14,26H,5H2,1-4H3,(H2,27,28). The summed E-state index contributed by atoms with van der Waals surface area (Å²) >= 11 is 0. The Hall–Kier alpha value is -3.01. The highest BCUT2D eigenvalue weighted by atomic mass is 19.1.